The number of rotatable bonds is 4. The molecule has 3 rings (SSSR count). The van der Waals surface area contributed by atoms with Gasteiger partial charge < -0.3 is 14.7 Å². The van der Waals surface area contributed by atoms with Crippen LogP contribution in [-0.2, 0) is 17.5 Å². The second kappa shape index (κ2) is 6.95. The van der Waals surface area contributed by atoms with Crippen molar-refractivity contribution in [2.45, 2.75) is 31.5 Å². The van der Waals surface area contributed by atoms with Crippen LogP contribution in [0, 0.1) is 5.82 Å². The zero-order valence-electron chi connectivity index (χ0n) is 13.3. The fraction of sp³-hybridized carbons (Fsp3) is 0.412. The van der Waals surface area contributed by atoms with Crippen LogP contribution in [0.3, 0.4) is 0 Å². The molecule has 25 heavy (non-hydrogen) atoms. The molecule has 1 saturated heterocycles. The Bertz CT molecular complexity index is 764. The lowest BCUT2D eigenvalue weighted by atomic mass is 9.97. The third-order valence-electron chi connectivity index (χ3n) is 4.35. The van der Waals surface area contributed by atoms with E-state index in [-0.39, 0.29) is 18.0 Å². The standard InChI is InChI=1S/C17H17F4N3O/c18-14-2-1-12(9-13(14)17(19,20)21)15-10-24(7-8-25)16(23-15)11-3-5-22-6-4-11/h1-2,8-11,22H,3-7H2. The highest BCUT2D eigenvalue weighted by atomic mass is 19.4. The summed E-state index contributed by atoms with van der Waals surface area (Å²) in [5.41, 5.74) is -0.840. The average molecular weight is 355 g/mol. The van der Waals surface area contributed by atoms with Crippen LogP contribution in [0.25, 0.3) is 11.3 Å². The number of nitrogens with zero attached hydrogens (tertiary/aromatic N) is 2. The molecule has 0 amide bonds. The summed E-state index contributed by atoms with van der Waals surface area (Å²) < 4.78 is 53.9. The van der Waals surface area contributed by atoms with Crippen LogP contribution in [-0.4, -0.2) is 28.9 Å². The maximum atomic E-state index is 13.5. The maximum absolute atomic E-state index is 13.5. The molecule has 1 fully saturated rings. The normalized spacial score (nSPS) is 16.2. The molecular weight excluding hydrogens is 338 g/mol. The number of benzene rings is 1. The van der Waals surface area contributed by atoms with E-state index >= 15 is 0 Å². The number of aromatic nitrogens is 2. The van der Waals surface area contributed by atoms with E-state index in [4.69, 9.17) is 0 Å². The van der Waals surface area contributed by atoms with E-state index in [2.05, 4.69) is 10.3 Å². The lowest BCUT2D eigenvalue weighted by molar-refractivity contribution is -0.139. The Morgan fingerprint density at radius 2 is 2.00 bits per heavy atom. The van der Waals surface area contributed by atoms with Crippen molar-refractivity contribution in [2.24, 2.45) is 0 Å². The van der Waals surface area contributed by atoms with Crippen LogP contribution in [0.15, 0.2) is 24.4 Å². The quantitative estimate of drug-likeness (QED) is 0.676. The fourth-order valence-electron chi connectivity index (χ4n) is 3.10. The Labute approximate surface area is 141 Å². The number of halogens is 4. The summed E-state index contributed by atoms with van der Waals surface area (Å²) in [4.78, 5) is 15.4. The van der Waals surface area contributed by atoms with E-state index in [0.717, 1.165) is 44.4 Å². The first kappa shape index (κ1) is 17.6. The van der Waals surface area contributed by atoms with Crippen molar-refractivity contribution in [2.75, 3.05) is 13.1 Å². The zero-order valence-corrected chi connectivity index (χ0v) is 13.3. The minimum absolute atomic E-state index is 0.0829. The molecule has 8 heteroatoms. The first-order valence-electron chi connectivity index (χ1n) is 7.98. The minimum atomic E-state index is -4.77. The van der Waals surface area contributed by atoms with Crippen LogP contribution in [0.1, 0.15) is 30.1 Å². The molecule has 1 N–H and O–H groups in total. The van der Waals surface area contributed by atoms with Gasteiger partial charge in [-0.25, -0.2) is 9.37 Å². The number of carbonyl (C=O) groups excluding carboxylic acids is 1. The summed E-state index contributed by atoms with van der Waals surface area (Å²) in [7, 11) is 0. The molecule has 1 aliphatic heterocycles. The van der Waals surface area contributed by atoms with E-state index in [1.807, 2.05) is 0 Å². The van der Waals surface area contributed by atoms with Gasteiger partial charge in [0.2, 0.25) is 0 Å². The Morgan fingerprint density at radius 3 is 2.64 bits per heavy atom. The Kier molecular flexibility index (Phi) is 4.89. The molecule has 134 valence electrons. The van der Waals surface area contributed by atoms with Gasteiger partial charge >= 0.3 is 6.18 Å². The molecular formula is C17H17F4N3O. The van der Waals surface area contributed by atoms with Gasteiger partial charge in [0.25, 0.3) is 0 Å². The Balaban J connectivity index is 2.01. The molecule has 0 saturated carbocycles. The van der Waals surface area contributed by atoms with E-state index in [9.17, 15) is 22.4 Å². The molecule has 0 atom stereocenters. The molecule has 1 aliphatic rings. The largest absolute Gasteiger partial charge is 0.419 e. The third-order valence-corrected chi connectivity index (χ3v) is 4.35. The number of imidazole rings is 1. The minimum Gasteiger partial charge on any atom is -0.327 e. The predicted molar refractivity (Wildman–Crippen MR) is 83.5 cm³/mol. The number of alkyl halides is 3. The summed E-state index contributed by atoms with van der Waals surface area (Å²) in [6, 6.07) is 2.82. The predicted octanol–water partition coefficient (Wildman–Crippen LogP) is 3.37. The SMILES string of the molecule is O=CCn1cc(-c2ccc(F)c(C(F)(F)F)c2)nc1C1CCNCC1. The van der Waals surface area contributed by atoms with E-state index in [0.29, 0.717) is 11.5 Å². The highest BCUT2D eigenvalue weighted by molar-refractivity contribution is 5.61. The molecule has 0 spiro atoms. The highest BCUT2D eigenvalue weighted by Crippen LogP contribution is 2.35. The van der Waals surface area contributed by atoms with Crippen molar-refractivity contribution in [1.82, 2.24) is 14.9 Å². The highest BCUT2D eigenvalue weighted by Gasteiger charge is 2.34. The lowest BCUT2D eigenvalue weighted by Crippen LogP contribution is -2.28. The second-order valence-electron chi connectivity index (χ2n) is 6.02. The molecule has 0 bridgehead atoms. The number of piperidine rings is 1. The van der Waals surface area contributed by atoms with Crippen molar-refractivity contribution >= 4 is 6.29 Å². The van der Waals surface area contributed by atoms with Gasteiger partial charge in [0.15, 0.2) is 0 Å². The van der Waals surface area contributed by atoms with Crippen molar-refractivity contribution in [3.8, 4) is 11.3 Å². The van der Waals surface area contributed by atoms with Gasteiger partial charge in [-0.15, -0.1) is 0 Å². The summed E-state index contributed by atoms with van der Waals surface area (Å²) in [5, 5.41) is 3.23. The van der Waals surface area contributed by atoms with Crippen molar-refractivity contribution < 1.29 is 22.4 Å². The Morgan fingerprint density at radius 1 is 1.28 bits per heavy atom. The molecule has 0 unspecified atom stereocenters. The van der Waals surface area contributed by atoms with E-state index in [1.54, 1.807) is 10.8 Å². The molecule has 1 aromatic heterocycles. The number of hydrogen-bond donors (Lipinski definition) is 1. The van der Waals surface area contributed by atoms with Crippen molar-refractivity contribution in [3.63, 3.8) is 0 Å². The van der Waals surface area contributed by atoms with Gasteiger partial charge in [-0.3, -0.25) is 0 Å². The van der Waals surface area contributed by atoms with Crippen LogP contribution in [0.4, 0.5) is 17.6 Å². The topological polar surface area (TPSA) is 46.9 Å². The van der Waals surface area contributed by atoms with Gasteiger partial charge in [-0.1, -0.05) is 0 Å². The molecule has 0 radical (unpaired) electrons. The van der Waals surface area contributed by atoms with Crippen molar-refractivity contribution in [3.05, 3.63) is 41.6 Å². The fourth-order valence-corrected chi connectivity index (χ4v) is 3.10. The summed E-state index contributed by atoms with van der Waals surface area (Å²) in [5.74, 6) is -0.499. The summed E-state index contributed by atoms with van der Waals surface area (Å²) in [6.07, 6.45) is -0.816. The molecule has 2 heterocycles. The molecule has 1 aromatic carbocycles. The van der Waals surface area contributed by atoms with Crippen LogP contribution in [0.2, 0.25) is 0 Å². The van der Waals surface area contributed by atoms with E-state index < -0.39 is 17.6 Å². The van der Waals surface area contributed by atoms with Crippen LogP contribution < -0.4 is 5.32 Å². The first-order chi connectivity index (χ1) is 11.9. The van der Waals surface area contributed by atoms with Gasteiger partial charge in [0, 0.05) is 17.7 Å². The first-order valence-corrected chi connectivity index (χ1v) is 7.98. The molecule has 0 aliphatic carbocycles. The van der Waals surface area contributed by atoms with Gasteiger partial charge in [-0.2, -0.15) is 13.2 Å². The van der Waals surface area contributed by atoms with Gasteiger partial charge in [0.1, 0.15) is 17.9 Å². The smallest absolute Gasteiger partial charge is 0.327 e. The second-order valence-corrected chi connectivity index (χ2v) is 6.02. The number of carbonyl (C=O) groups is 1. The number of hydrogen-bond acceptors (Lipinski definition) is 3. The lowest BCUT2D eigenvalue weighted by Gasteiger charge is -2.22. The third kappa shape index (κ3) is 3.73. The van der Waals surface area contributed by atoms with E-state index in [1.165, 1.54) is 6.07 Å². The monoisotopic (exact) mass is 355 g/mol. The summed E-state index contributed by atoms with van der Waals surface area (Å²) >= 11 is 0. The molecule has 4 nitrogen and oxygen atoms in total. The average Bonchev–Trinajstić information content (AvgIpc) is 2.99. The summed E-state index contributed by atoms with van der Waals surface area (Å²) in [6.45, 7) is 1.73. The van der Waals surface area contributed by atoms with Crippen molar-refractivity contribution in [1.29, 1.82) is 0 Å². The number of nitrogens with one attached hydrogen (secondary N) is 1. The maximum Gasteiger partial charge on any atom is 0.419 e. The number of aldehydes is 1. The zero-order chi connectivity index (χ0) is 18.0. The van der Waals surface area contributed by atoms with Gasteiger partial charge in [0.05, 0.1) is 17.8 Å². The van der Waals surface area contributed by atoms with Crippen LogP contribution >= 0.6 is 0 Å². The van der Waals surface area contributed by atoms with Gasteiger partial charge in [-0.05, 0) is 44.1 Å². The van der Waals surface area contributed by atoms with Crippen LogP contribution in [0.5, 0.6) is 0 Å². The Hall–Kier alpha value is -2.22. The molecule has 2 aromatic rings.